The fourth-order valence-electron chi connectivity index (χ4n) is 23.3. The van der Waals surface area contributed by atoms with Crippen LogP contribution in [0.25, 0.3) is 16.3 Å². The molecule has 16 aliphatic rings. The summed E-state index contributed by atoms with van der Waals surface area (Å²) in [6, 6.07) is 6.33. The van der Waals surface area contributed by atoms with E-state index in [0.717, 1.165) is 137 Å². The Balaban J connectivity index is 0.980. The lowest BCUT2D eigenvalue weighted by Crippen LogP contribution is -2.79. The first-order chi connectivity index (χ1) is 40.6. The summed E-state index contributed by atoms with van der Waals surface area (Å²) in [7, 11) is 0. The Hall–Kier alpha value is -6.12. The number of phenolic OH excluding ortho intramolecular Hbond substituents is 1. The van der Waals surface area contributed by atoms with Crippen molar-refractivity contribution in [3.8, 4) is 23.3 Å². The zero-order valence-electron chi connectivity index (χ0n) is 47.4. The molecule has 1 saturated heterocycles. The maximum absolute atomic E-state index is 15.6. The molecule has 5 aromatic rings. The van der Waals surface area contributed by atoms with Crippen LogP contribution >= 0.6 is 0 Å². The van der Waals surface area contributed by atoms with Crippen LogP contribution in [0.15, 0.2) is 54.0 Å². The third-order valence-electron chi connectivity index (χ3n) is 26.2. The second-order valence-corrected chi connectivity index (χ2v) is 29.4. The zero-order chi connectivity index (χ0) is 56.6. The number of hydrogen-bond donors (Lipinski definition) is 9. The van der Waals surface area contributed by atoms with Gasteiger partial charge in [0.2, 0.25) is 5.78 Å². The summed E-state index contributed by atoms with van der Waals surface area (Å²) in [5.74, 6) is 3.98. The number of imidazole rings is 1. The topological polar surface area (TPSA) is 243 Å². The number of anilines is 1. The highest BCUT2D eigenvalue weighted by atomic mass is 16.7. The molecule has 15 nitrogen and oxygen atoms in total. The molecule has 4 aliphatic heterocycles. The molecule has 8 spiro atoms. The van der Waals surface area contributed by atoms with Crippen LogP contribution in [0.5, 0.6) is 11.5 Å². The maximum atomic E-state index is 15.6. The van der Waals surface area contributed by atoms with E-state index < -0.39 is 75.6 Å². The van der Waals surface area contributed by atoms with Gasteiger partial charge in [0.05, 0.1) is 40.8 Å². The van der Waals surface area contributed by atoms with Crippen molar-refractivity contribution in [3.05, 3.63) is 116 Å². The fourth-order valence-corrected chi connectivity index (χ4v) is 23.3. The number of benzene rings is 2. The Morgan fingerprint density at radius 1 is 0.810 bits per heavy atom. The number of nitrogens with one attached hydrogen (secondary N) is 3. The second-order valence-electron chi connectivity index (χ2n) is 29.4. The van der Waals surface area contributed by atoms with E-state index in [4.69, 9.17) is 19.4 Å². The molecule has 12 bridgehead atoms. The van der Waals surface area contributed by atoms with Gasteiger partial charge in [-0.2, -0.15) is 0 Å². The highest BCUT2D eigenvalue weighted by molar-refractivity contribution is 6.34. The second kappa shape index (κ2) is 15.9. The standard InChI is InChI=1S/C69H71N5O10/c1-33-24-38-46(43(75)25-33)54(78)49-44-26-37-35(47(49)53(38)77)13-23-70-60(37)71-29-45(76)66-31-63(16-4-5-17-63)40-9-7-19-65-18-6-8-34-10-11-42-57(73-32-72-42)68(34,65)56-36(12-20-65)48(51(40)66)52(74-56)39-27-67(83-44)58(80)55(79)59(81)69(84-67)50(39)41(66)28-64(61(69)82)22-21-62(30-64)14-2-3-15-62/h13,23-27,32,34,40,45,51,55,58-59,61,74-76,79-82H,2-6,8,10-12,14-22,28-31H2,1H3,(H,70,71)(H,72,73)/t34-,40-,45-,51-,55+,58+,59-,61+,64+,65-,66-,67+,68+,69-/m0/s1. The van der Waals surface area contributed by atoms with Gasteiger partial charge in [0.1, 0.15) is 29.5 Å². The SMILES string of the molecule is Cc1cc(O)c2c(c1)C(=O)c1c(c3cc4c(nccc14)NC[C@H](O)[C@@]14CC5(CCCC5)[C@H]5C#CC[C@]67CCC[C@H]8CCc9[nH]cnc9[C@]86c6[nH]c(c(c6CC7)[C@H]51)C1=C[C@@]5(O3)O[C@@]3(C1=C4C[C@@]1(CCC4(CCCC4)C1)[C@H]3O)[C@@H](O)[C@H](O)[C@H]5O)C2=O. The van der Waals surface area contributed by atoms with Crippen molar-refractivity contribution in [3.63, 3.8) is 0 Å². The van der Waals surface area contributed by atoms with Gasteiger partial charge in [-0.05, 0) is 183 Å². The molecule has 9 N–H and O–H groups in total. The monoisotopic (exact) mass is 1130 g/mol. The van der Waals surface area contributed by atoms with Gasteiger partial charge in [0.25, 0.3) is 5.79 Å². The molecule has 7 heterocycles. The molecule has 5 saturated carbocycles. The number of aromatic nitrogens is 4. The molecule has 3 aromatic heterocycles. The number of phenols is 1. The lowest BCUT2D eigenvalue weighted by Gasteiger charge is -2.64. The van der Waals surface area contributed by atoms with Gasteiger partial charge in [0, 0.05) is 81.0 Å². The first-order valence-corrected chi connectivity index (χ1v) is 31.8. The summed E-state index contributed by atoms with van der Waals surface area (Å²) >= 11 is 0. The van der Waals surface area contributed by atoms with Crippen molar-refractivity contribution < 1.29 is 49.7 Å². The Labute approximate surface area is 486 Å². The van der Waals surface area contributed by atoms with E-state index in [1.165, 1.54) is 11.6 Å². The van der Waals surface area contributed by atoms with Crippen molar-refractivity contribution in [2.75, 3.05) is 11.9 Å². The number of rotatable bonds is 0. The smallest absolute Gasteiger partial charge is 0.261 e. The molecule has 0 amide bonds. The van der Waals surface area contributed by atoms with Crippen LogP contribution in [0.3, 0.4) is 0 Å². The summed E-state index contributed by atoms with van der Waals surface area (Å²) in [5.41, 5.74) is 3.16. The van der Waals surface area contributed by atoms with Gasteiger partial charge < -0.3 is 55.4 Å². The number of carbonyl (C=O) groups is 2. The maximum Gasteiger partial charge on any atom is 0.261 e. The lowest BCUT2D eigenvalue weighted by atomic mass is 9.42. The van der Waals surface area contributed by atoms with Crippen molar-refractivity contribution in [2.24, 2.45) is 38.9 Å². The number of aliphatic hydroxyl groups excluding tert-OH is 5. The van der Waals surface area contributed by atoms with Crippen LogP contribution in [0.4, 0.5) is 5.82 Å². The minimum absolute atomic E-state index is 0.000397. The fraction of sp³-hybridized carbons (Fsp3) is 0.565. The molecule has 15 heteroatoms. The van der Waals surface area contributed by atoms with E-state index in [0.29, 0.717) is 65.4 Å². The zero-order valence-corrected chi connectivity index (χ0v) is 47.4. The Morgan fingerprint density at radius 3 is 2.49 bits per heavy atom. The molecule has 84 heavy (non-hydrogen) atoms. The Morgan fingerprint density at radius 2 is 1.64 bits per heavy atom. The number of ketones is 2. The largest absolute Gasteiger partial charge is 0.507 e. The lowest BCUT2D eigenvalue weighted by molar-refractivity contribution is -0.366. The highest BCUT2D eigenvalue weighted by Gasteiger charge is 2.79. The van der Waals surface area contributed by atoms with Gasteiger partial charge in [-0.25, -0.2) is 9.97 Å². The van der Waals surface area contributed by atoms with Gasteiger partial charge in [-0.15, -0.1) is 5.92 Å². The normalized spacial score (nSPS) is 40.4. The van der Waals surface area contributed by atoms with Crippen LogP contribution in [0, 0.1) is 57.7 Å². The number of aromatic hydroxyl groups is 1. The Bertz CT molecular complexity index is 4040. The Kier molecular flexibility index (Phi) is 9.47. The van der Waals surface area contributed by atoms with E-state index in [2.05, 4.69) is 27.1 Å². The quantitative estimate of drug-likeness (QED) is 0.0648. The van der Waals surface area contributed by atoms with Gasteiger partial charge >= 0.3 is 0 Å². The summed E-state index contributed by atoms with van der Waals surface area (Å²) in [6.07, 6.45) is 15.2. The summed E-state index contributed by atoms with van der Waals surface area (Å²) < 4.78 is 15.3. The minimum Gasteiger partial charge on any atom is -0.507 e. The van der Waals surface area contributed by atoms with Crippen molar-refractivity contribution >= 4 is 33.7 Å². The number of aliphatic hydroxyl groups is 5. The van der Waals surface area contributed by atoms with Crippen LogP contribution in [-0.4, -0.2) is 111 Å². The summed E-state index contributed by atoms with van der Waals surface area (Å²) in [6.45, 7) is 1.75. The van der Waals surface area contributed by atoms with E-state index in [9.17, 15) is 30.6 Å². The molecule has 21 rings (SSSR count). The van der Waals surface area contributed by atoms with Crippen molar-refractivity contribution in [1.82, 2.24) is 19.9 Å². The highest BCUT2D eigenvalue weighted by Crippen LogP contribution is 2.79. The average Bonchev–Trinajstić information content (AvgIpc) is 1.38. The van der Waals surface area contributed by atoms with Gasteiger partial charge in [-0.1, -0.05) is 43.6 Å². The van der Waals surface area contributed by atoms with E-state index >= 15 is 9.59 Å². The van der Waals surface area contributed by atoms with Crippen LogP contribution < -0.4 is 10.1 Å². The third-order valence-corrected chi connectivity index (χ3v) is 26.2. The van der Waals surface area contributed by atoms with E-state index in [1.807, 2.05) is 6.33 Å². The van der Waals surface area contributed by atoms with Crippen LogP contribution in [0.1, 0.15) is 199 Å². The molecule has 6 fully saturated rings. The van der Waals surface area contributed by atoms with Crippen LogP contribution in [-0.2, 0) is 23.0 Å². The number of aryl methyl sites for hydroxylation is 2. The van der Waals surface area contributed by atoms with Crippen LogP contribution in [0.2, 0.25) is 0 Å². The van der Waals surface area contributed by atoms with E-state index in [1.54, 1.807) is 37.4 Å². The molecule has 14 atom stereocenters. The third kappa shape index (κ3) is 5.47. The van der Waals surface area contributed by atoms with Crippen molar-refractivity contribution in [1.29, 1.82) is 0 Å². The number of aromatic amines is 2. The molecule has 0 unspecified atom stereocenters. The number of nitrogens with zero attached hydrogens (tertiary/aromatic N) is 2. The number of hydrogen-bond acceptors (Lipinski definition) is 13. The summed E-state index contributed by atoms with van der Waals surface area (Å²) in [5, 5.41) is 85.3. The molecule has 12 aliphatic carbocycles. The molecular formula is C69H71N5O10. The molecule has 0 radical (unpaired) electrons. The molecular weight excluding hydrogens is 1060 g/mol. The predicted octanol–water partition coefficient (Wildman–Crippen LogP) is 8.71. The number of ether oxygens (including phenoxy) is 2. The average molecular weight is 1130 g/mol. The van der Waals surface area contributed by atoms with Gasteiger partial charge in [-0.3, -0.25) is 9.59 Å². The predicted molar refractivity (Wildman–Crippen MR) is 307 cm³/mol. The number of fused-ring (bicyclic) bond motifs is 8. The van der Waals surface area contributed by atoms with E-state index in [-0.39, 0.29) is 68.4 Å². The first-order valence-electron chi connectivity index (χ1n) is 31.8. The van der Waals surface area contributed by atoms with Crippen molar-refractivity contribution in [2.45, 2.75) is 195 Å². The first kappa shape index (κ1) is 50.1. The number of carbonyl (C=O) groups excluding carboxylic acids is 2. The summed E-state index contributed by atoms with van der Waals surface area (Å²) in [4.78, 5) is 49.2. The number of pyridine rings is 1. The molecule has 432 valence electrons. The number of H-pyrrole nitrogens is 2. The van der Waals surface area contributed by atoms with Gasteiger partial charge in [0.15, 0.2) is 17.5 Å². The molecule has 2 aromatic carbocycles. The minimum atomic E-state index is -2.48.